The van der Waals surface area contributed by atoms with Crippen molar-refractivity contribution in [2.45, 2.75) is 39.4 Å². The van der Waals surface area contributed by atoms with Crippen molar-refractivity contribution in [3.8, 4) is 5.75 Å². The largest absolute Gasteiger partial charge is 0.479 e. The summed E-state index contributed by atoms with van der Waals surface area (Å²) in [5.41, 5.74) is 0.626. The Labute approximate surface area is 133 Å². The van der Waals surface area contributed by atoms with Crippen molar-refractivity contribution in [1.82, 2.24) is 0 Å². The zero-order chi connectivity index (χ0) is 14.9. The monoisotopic (exact) mass is 389 g/mol. The second-order valence-electron chi connectivity index (χ2n) is 5.82. The van der Waals surface area contributed by atoms with Gasteiger partial charge in [-0.25, -0.2) is 0 Å². The van der Waals surface area contributed by atoms with Crippen molar-refractivity contribution in [2.24, 2.45) is 0 Å². The lowest BCUT2D eigenvalue weighted by Gasteiger charge is -2.33. The van der Waals surface area contributed by atoms with Crippen molar-refractivity contribution in [3.63, 3.8) is 0 Å². The average molecular weight is 389 g/mol. The van der Waals surface area contributed by atoms with Crippen LogP contribution in [0.2, 0.25) is 0 Å². The molecule has 0 radical (unpaired) electrons. The molecule has 1 atom stereocenters. The van der Waals surface area contributed by atoms with Crippen molar-refractivity contribution >= 4 is 34.2 Å². The van der Waals surface area contributed by atoms with Gasteiger partial charge in [-0.3, -0.25) is 4.79 Å². The highest BCUT2D eigenvalue weighted by molar-refractivity contribution is 14.1. The normalized spacial score (nSPS) is 18.8. The molecule has 4 nitrogen and oxygen atoms in total. The van der Waals surface area contributed by atoms with Crippen LogP contribution in [0.25, 0.3) is 0 Å². The van der Waals surface area contributed by atoms with E-state index in [9.17, 15) is 4.79 Å². The fourth-order valence-electron chi connectivity index (χ4n) is 2.06. The maximum Gasteiger partial charge on any atom is 0.267 e. The first-order valence-corrected chi connectivity index (χ1v) is 7.77. The molecule has 1 aliphatic heterocycles. The predicted molar refractivity (Wildman–Crippen MR) is 87.3 cm³/mol. The Morgan fingerprint density at radius 3 is 2.75 bits per heavy atom. The van der Waals surface area contributed by atoms with Crippen molar-refractivity contribution < 1.29 is 14.3 Å². The standard InChI is InChI=1S/C15H20INO3/c1-10-14(18)17(7-8-19-15(2,3)4)12-6-5-11(16)9-13(12)20-10/h5-6,9-10H,7-8H2,1-4H3. The van der Waals surface area contributed by atoms with Crippen LogP contribution in [-0.4, -0.2) is 30.8 Å². The molecule has 1 aliphatic rings. The minimum atomic E-state index is -0.449. The average Bonchev–Trinajstić information content (AvgIpc) is 2.32. The lowest BCUT2D eigenvalue weighted by molar-refractivity contribution is -0.126. The van der Waals surface area contributed by atoms with Gasteiger partial charge in [0.05, 0.1) is 17.9 Å². The molecule has 110 valence electrons. The van der Waals surface area contributed by atoms with Gasteiger partial charge in [-0.1, -0.05) is 0 Å². The quantitative estimate of drug-likeness (QED) is 0.746. The smallest absolute Gasteiger partial charge is 0.267 e. The number of fused-ring (bicyclic) bond motifs is 1. The minimum Gasteiger partial charge on any atom is -0.479 e. The van der Waals surface area contributed by atoms with E-state index in [0.717, 1.165) is 15.0 Å². The van der Waals surface area contributed by atoms with Crippen LogP contribution >= 0.6 is 22.6 Å². The zero-order valence-corrected chi connectivity index (χ0v) is 14.4. The van der Waals surface area contributed by atoms with E-state index in [2.05, 4.69) is 22.6 Å². The Kier molecular flexibility index (Phi) is 4.59. The number of anilines is 1. The Morgan fingerprint density at radius 2 is 2.10 bits per heavy atom. The highest BCUT2D eigenvalue weighted by atomic mass is 127. The van der Waals surface area contributed by atoms with E-state index in [-0.39, 0.29) is 11.5 Å². The van der Waals surface area contributed by atoms with Gasteiger partial charge < -0.3 is 14.4 Å². The summed E-state index contributed by atoms with van der Waals surface area (Å²) in [6.07, 6.45) is -0.449. The Hall–Kier alpha value is -0.820. The molecule has 0 aliphatic carbocycles. The van der Waals surface area contributed by atoms with Crippen molar-refractivity contribution in [2.75, 3.05) is 18.1 Å². The van der Waals surface area contributed by atoms with E-state index >= 15 is 0 Å². The van der Waals surface area contributed by atoms with Gasteiger partial charge in [-0.05, 0) is 68.5 Å². The number of nitrogens with zero attached hydrogens (tertiary/aromatic N) is 1. The summed E-state index contributed by atoms with van der Waals surface area (Å²) in [5, 5.41) is 0. The van der Waals surface area contributed by atoms with E-state index < -0.39 is 6.10 Å². The number of hydrogen-bond acceptors (Lipinski definition) is 3. The summed E-state index contributed by atoms with van der Waals surface area (Å²) < 4.78 is 12.5. The molecule has 1 heterocycles. The van der Waals surface area contributed by atoms with Gasteiger partial charge in [0.1, 0.15) is 5.75 Å². The number of rotatable bonds is 3. The minimum absolute atomic E-state index is 0.0174. The Balaban J connectivity index is 2.17. The van der Waals surface area contributed by atoms with E-state index in [1.807, 2.05) is 39.0 Å². The van der Waals surface area contributed by atoms with Crippen molar-refractivity contribution in [3.05, 3.63) is 21.8 Å². The van der Waals surface area contributed by atoms with Gasteiger partial charge in [0, 0.05) is 10.1 Å². The molecular weight excluding hydrogens is 369 g/mol. The molecular formula is C15H20INO3. The number of benzene rings is 1. The summed E-state index contributed by atoms with van der Waals surface area (Å²) in [6, 6.07) is 5.86. The van der Waals surface area contributed by atoms with Crippen LogP contribution in [0.1, 0.15) is 27.7 Å². The fourth-order valence-corrected chi connectivity index (χ4v) is 2.52. The number of amides is 1. The highest BCUT2D eigenvalue weighted by Gasteiger charge is 2.31. The van der Waals surface area contributed by atoms with Crippen molar-refractivity contribution in [1.29, 1.82) is 0 Å². The molecule has 0 saturated carbocycles. The molecule has 2 rings (SSSR count). The molecule has 0 aromatic heterocycles. The first kappa shape index (κ1) is 15.6. The molecule has 1 unspecified atom stereocenters. The van der Waals surface area contributed by atoms with Gasteiger partial charge >= 0.3 is 0 Å². The summed E-state index contributed by atoms with van der Waals surface area (Å²) >= 11 is 2.24. The van der Waals surface area contributed by atoms with Gasteiger partial charge in [-0.2, -0.15) is 0 Å². The number of ether oxygens (including phenoxy) is 2. The van der Waals surface area contributed by atoms with E-state index in [1.54, 1.807) is 11.8 Å². The third kappa shape index (κ3) is 3.63. The first-order chi connectivity index (χ1) is 9.28. The fraction of sp³-hybridized carbons (Fsp3) is 0.533. The highest BCUT2D eigenvalue weighted by Crippen LogP contribution is 2.35. The zero-order valence-electron chi connectivity index (χ0n) is 12.3. The molecule has 0 bridgehead atoms. The van der Waals surface area contributed by atoms with E-state index in [1.165, 1.54) is 0 Å². The van der Waals surface area contributed by atoms with E-state index in [0.29, 0.717) is 13.2 Å². The van der Waals surface area contributed by atoms with Crippen LogP contribution in [0.5, 0.6) is 5.75 Å². The molecule has 20 heavy (non-hydrogen) atoms. The summed E-state index contributed by atoms with van der Waals surface area (Å²) in [4.78, 5) is 14.0. The third-order valence-electron chi connectivity index (χ3n) is 2.98. The summed E-state index contributed by atoms with van der Waals surface area (Å²) in [7, 11) is 0. The molecule has 0 N–H and O–H groups in total. The summed E-state index contributed by atoms with van der Waals surface area (Å²) in [5.74, 6) is 0.746. The van der Waals surface area contributed by atoms with Crippen LogP contribution in [0.4, 0.5) is 5.69 Å². The first-order valence-electron chi connectivity index (χ1n) is 6.69. The van der Waals surface area contributed by atoms with Gasteiger partial charge in [0.2, 0.25) is 0 Å². The summed E-state index contributed by atoms with van der Waals surface area (Å²) in [6.45, 7) is 8.85. The molecule has 0 spiro atoms. The maximum absolute atomic E-state index is 12.3. The molecule has 0 fully saturated rings. The van der Waals surface area contributed by atoms with Crippen LogP contribution in [-0.2, 0) is 9.53 Å². The van der Waals surface area contributed by atoms with Gasteiger partial charge in [0.25, 0.3) is 5.91 Å². The van der Waals surface area contributed by atoms with Crippen LogP contribution < -0.4 is 9.64 Å². The predicted octanol–water partition coefficient (Wildman–Crippen LogP) is 3.22. The van der Waals surface area contributed by atoms with Gasteiger partial charge in [-0.15, -0.1) is 0 Å². The second-order valence-corrected chi connectivity index (χ2v) is 7.07. The third-order valence-corrected chi connectivity index (χ3v) is 3.65. The number of halogens is 1. The number of carbonyl (C=O) groups is 1. The molecule has 0 saturated heterocycles. The molecule has 1 aromatic carbocycles. The lowest BCUT2D eigenvalue weighted by Crippen LogP contribution is -2.46. The number of hydrogen-bond donors (Lipinski definition) is 0. The molecule has 1 amide bonds. The van der Waals surface area contributed by atoms with Crippen LogP contribution in [0, 0.1) is 3.57 Å². The van der Waals surface area contributed by atoms with Gasteiger partial charge in [0.15, 0.2) is 6.10 Å². The SMILES string of the molecule is CC1Oc2cc(I)ccc2N(CCOC(C)(C)C)C1=O. The number of carbonyl (C=O) groups excluding carboxylic acids is 1. The molecule has 5 heteroatoms. The topological polar surface area (TPSA) is 38.8 Å². The maximum atomic E-state index is 12.3. The van der Waals surface area contributed by atoms with E-state index in [4.69, 9.17) is 9.47 Å². The van der Waals surface area contributed by atoms with Crippen LogP contribution in [0.15, 0.2) is 18.2 Å². The second kappa shape index (κ2) is 5.89. The Bertz CT molecular complexity index is 510. The lowest BCUT2D eigenvalue weighted by atomic mass is 10.2. The van der Waals surface area contributed by atoms with Crippen LogP contribution in [0.3, 0.4) is 0 Å². The Morgan fingerprint density at radius 1 is 1.40 bits per heavy atom. The molecule has 1 aromatic rings.